The van der Waals surface area contributed by atoms with Crippen LogP contribution >= 0.6 is 0 Å². The number of nitrogens with zero attached hydrogens (tertiary/aromatic N) is 1. The summed E-state index contributed by atoms with van der Waals surface area (Å²) in [6.07, 6.45) is 1.38. The van der Waals surface area contributed by atoms with Gasteiger partial charge in [0.2, 0.25) is 5.91 Å². The minimum absolute atomic E-state index is 0.0463. The fourth-order valence-electron chi connectivity index (χ4n) is 3.75. The lowest BCUT2D eigenvalue weighted by atomic mass is 9.96. The van der Waals surface area contributed by atoms with E-state index < -0.39 is 35.9 Å². The van der Waals surface area contributed by atoms with Crippen LogP contribution in [0, 0.1) is 0 Å². The standard InChI is InChI=1S/C22H28N2O6/c1-4-15(5-2)30-19(13-26)20(23-14(3)27)18(11-8-12-25)24-21(28)16-9-6-7-10-17(16)22(24)29/h6-7,9-10,12-13,15,18-20H,4-5,8,11H2,1-3H3,(H,23,27)/t18-,19+,20+/m0/s1. The maximum absolute atomic E-state index is 13.0. The molecule has 0 aliphatic carbocycles. The van der Waals surface area contributed by atoms with E-state index in [0.717, 1.165) is 4.90 Å². The highest BCUT2D eigenvalue weighted by molar-refractivity contribution is 6.21. The number of rotatable bonds is 12. The Balaban J connectivity index is 2.47. The quantitative estimate of drug-likeness (QED) is 0.412. The molecule has 162 valence electrons. The molecule has 1 heterocycles. The molecule has 8 heteroatoms. The van der Waals surface area contributed by atoms with Crippen LogP contribution in [0.2, 0.25) is 0 Å². The molecule has 0 bridgehead atoms. The molecule has 1 aliphatic heterocycles. The monoisotopic (exact) mass is 416 g/mol. The molecule has 2 rings (SSSR count). The number of benzene rings is 1. The number of fused-ring (bicyclic) bond motifs is 1. The van der Waals surface area contributed by atoms with Crippen molar-refractivity contribution in [1.29, 1.82) is 0 Å². The molecular formula is C22H28N2O6. The SMILES string of the molecule is CCC(CC)O[C@H](C=O)[C@H](NC(C)=O)[C@H](CCC=O)N1C(=O)c2ccccc2C1=O. The largest absolute Gasteiger partial charge is 0.365 e. The molecule has 3 amide bonds. The van der Waals surface area contributed by atoms with Gasteiger partial charge in [-0.25, -0.2) is 0 Å². The fraction of sp³-hybridized carbons (Fsp3) is 0.500. The summed E-state index contributed by atoms with van der Waals surface area (Å²) in [6, 6.07) is 4.52. The van der Waals surface area contributed by atoms with E-state index in [0.29, 0.717) is 25.4 Å². The second kappa shape index (κ2) is 10.8. The van der Waals surface area contributed by atoms with Gasteiger partial charge < -0.3 is 19.6 Å². The first-order valence-electron chi connectivity index (χ1n) is 10.2. The van der Waals surface area contributed by atoms with Crippen molar-refractivity contribution in [1.82, 2.24) is 10.2 Å². The van der Waals surface area contributed by atoms with Crippen LogP contribution in [0.1, 0.15) is 67.2 Å². The topological polar surface area (TPSA) is 110 Å². The van der Waals surface area contributed by atoms with Crippen molar-refractivity contribution in [2.45, 2.75) is 70.7 Å². The molecule has 0 radical (unpaired) electrons. The highest BCUT2D eigenvalue weighted by atomic mass is 16.5. The van der Waals surface area contributed by atoms with Crippen LogP contribution in [-0.4, -0.2) is 59.5 Å². The molecular weight excluding hydrogens is 388 g/mol. The number of carbonyl (C=O) groups is 5. The summed E-state index contributed by atoms with van der Waals surface area (Å²) < 4.78 is 5.91. The van der Waals surface area contributed by atoms with Crippen LogP contribution in [0.15, 0.2) is 24.3 Å². The molecule has 0 unspecified atom stereocenters. The Labute approximate surface area is 175 Å². The summed E-state index contributed by atoms with van der Waals surface area (Å²) in [6.45, 7) is 5.11. The van der Waals surface area contributed by atoms with Crippen LogP contribution in [0.3, 0.4) is 0 Å². The van der Waals surface area contributed by atoms with Crippen molar-refractivity contribution in [3.05, 3.63) is 35.4 Å². The normalized spacial score (nSPS) is 16.2. The Morgan fingerprint density at radius 1 is 1.10 bits per heavy atom. The van der Waals surface area contributed by atoms with Gasteiger partial charge in [0.1, 0.15) is 12.4 Å². The van der Waals surface area contributed by atoms with E-state index in [9.17, 15) is 24.0 Å². The van der Waals surface area contributed by atoms with E-state index in [-0.39, 0.29) is 30.1 Å². The summed E-state index contributed by atoms with van der Waals surface area (Å²) in [5.74, 6) is -1.48. The van der Waals surface area contributed by atoms with E-state index in [1.54, 1.807) is 24.3 Å². The number of nitrogens with one attached hydrogen (secondary N) is 1. The first-order valence-corrected chi connectivity index (χ1v) is 10.2. The molecule has 1 aromatic carbocycles. The number of amides is 3. The van der Waals surface area contributed by atoms with Gasteiger partial charge in [-0.3, -0.25) is 19.3 Å². The van der Waals surface area contributed by atoms with Crippen LogP contribution in [0.4, 0.5) is 0 Å². The zero-order valence-electron chi connectivity index (χ0n) is 17.5. The summed E-state index contributed by atoms with van der Waals surface area (Å²) in [7, 11) is 0. The van der Waals surface area contributed by atoms with Gasteiger partial charge in [-0.1, -0.05) is 26.0 Å². The first-order chi connectivity index (χ1) is 14.4. The van der Waals surface area contributed by atoms with Gasteiger partial charge in [-0.05, 0) is 31.4 Å². The van der Waals surface area contributed by atoms with Crippen LogP contribution in [-0.2, 0) is 19.1 Å². The number of carbonyl (C=O) groups excluding carboxylic acids is 5. The maximum atomic E-state index is 13.0. The van der Waals surface area contributed by atoms with Gasteiger partial charge in [0.15, 0.2) is 6.29 Å². The molecule has 30 heavy (non-hydrogen) atoms. The molecule has 0 saturated heterocycles. The van der Waals surface area contributed by atoms with Crippen molar-refractivity contribution in [3.63, 3.8) is 0 Å². The van der Waals surface area contributed by atoms with E-state index in [1.165, 1.54) is 6.92 Å². The third-order valence-electron chi connectivity index (χ3n) is 5.27. The maximum Gasteiger partial charge on any atom is 0.261 e. The third kappa shape index (κ3) is 4.99. The smallest absolute Gasteiger partial charge is 0.261 e. The Kier molecular flexibility index (Phi) is 8.41. The van der Waals surface area contributed by atoms with Gasteiger partial charge in [0.05, 0.1) is 29.3 Å². The van der Waals surface area contributed by atoms with Gasteiger partial charge >= 0.3 is 0 Å². The predicted molar refractivity (Wildman–Crippen MR) is 109 cm³/mol. The van der Waals surface area contributed by atoms with Gasteiger partial charge in [-0.15, -0.1) is 0 Å². The van der Waals surface area contributed by atoms with Crippen molar-refractivity contribution in [3.8, 4) is 0 Å². The number of hydrogen-bond donors (Lipinski definition) is 1. The molecule has 0 spiro atoms. The highest BCUT2D eigenvalue weighted by Crippen LogP contribution is 2.28. The third-order valence-corrected chi connectivity index (χ3v) is 5.27. The fourth-order valence-corrected chi connectivity index (χ4v) is 3.75. The molecule has 0 saturated carbocycles. The van der Waals surface area contributed by atoms with E-state index in [2.05, 4.69) is 5.32 Å². The average molecular weight is 416 g/mol. The number of aldehydes is 2. The molecule has 1 N–H and O–H groups in total. The number of imide groups is 1. The number of hydrogen-bond acceptors (Lipinski definition) is 6. The van der Waals surface area contributed by atoms with E-state index >= 15 is 0 Å². The minimum atomic E-state index is -1.08. The van der Waals surface area contributed by atoms with Gasteiger partial charge in [-0.2, -0.15) is 0 Å². The van der Waals surface area contributed by atoms with Crippen molar-refractivity contribution in [2.75, 3.05) is 0 Å². The molecule has 0 aromatic heterocycles. The summed E-state index contributed by atoms with van der Waals surface area (Å²) in [5, 5.41) is 2.68. The van der Waals surface area contributed by atoms with Crippen LogP contribution in [0.25, 0.3) is 0 Å². The Bertz CT molecular complexity index is 770. The molecule has 8 nitrogen and oxygen atoms in total. The van der Waals surface area contributed by atoms with Crippen molar-refractivity contribution < 1.29 is 28.7 Å². The first kappa shape index (κ1) is 23.4. The Hall–Kier alpha value is -2.87. The van der Waals surface area contributed by atoms with E-state index in [1.807, 2.05) is 13.8 Å². The zero-order valence-corrected chi connectivity index (χ0v) is 17.5. The lowest BCUT2D eigenvalue weighted by molar-refractivity contribution is -0.130. The zero-order chi connectivity index (χ0) is 22.3. The second-order valence-electron chi connectivity index (χ2n) is 7.24. The highest BCUT2D eigenvalue weighted by Gasteiger charge is 2.45. The van der Waals surface area contributed by atoms with Crippen LogP contribution < -0.4 is 5.32 Å². The Morgan fingerprint density at radius 2 is 1.67 bits per heavy atom. The van der Waals surface area contributed by atoms with Crippen molar-refractivity contribution in [2.24, 2.45) is 0 Å². The Morgan fingerprint density at radius 3 is 2.10 bits per heavy atom. The number of ether oxygens (including phenoxy) is 1. The predicted octanol–water partition coefficient (Wildman–Crippen LogP) is 1.91. The van der Waals surface area contributed by atoms with Gasteiger partial charge in [0.25, 0.3) is 11.8 Å². The van der Waals surface area contributed by atoms with Gasteiger partial charge in [0, 0.05) is 13.3 Å². The van der Waals surface area contributed by atoms with E-state index in [4.69, 9.17) is 4.74 Å². The lowest BCUT2D eigenvalue weighted by Gasteiger charge is -2.37. The second-order valence-corrected chi connectivity index (χ2v) is 7.24. The van der Waals surface area contributed by atoms with Crippen molar-refractivity contribution >= 4 is 30.3 Å². The van der Waals surface area contributed by atoms with Crippen LogP contribution in [0.5, 0.6) is 0 Å². The summed E-state index contributed by atoms with van der Waals surface area (Å²) in [4.78, 5) is 62.0. The minimum Gasteiger partial charge on any atom is -0.365 e. The molecule has 0 fully saturated rings. The molecule has 1 aliphatic rings. The summed E-state index contributed by atoms with van der Waals surface area (Å²) in [5.41, 5.74) is 0.507. The summed E-state index contributed by atoms with van der Waals surface area (Å²) >= 11 is 0. The molecule has 3 atom stereocenters. The molecule has 1 aromatic rings. The average Bonchev–Trinajstić information content (AvgIpc) is 2.99. The lowest BCUT2D eigenvalue weighted by Crippen LogP contribution is -2.59.